The number of benzene rings is 3. The lowest BCUT2D eigenvalue weighted by Gasteiger charge is -2.50. The molecule has 0 bridgehead atoms. The number of nitrogens with one attached hydrogen (secondary N) is 1. The summed E-state index contributed by atoms with van der Waals surface area (Å²) in [5.41, 5.74) is 1.47. The minimum Gasteiger partial charge on any atom is -0.502 e. The van der Waals surface area contributed by atoms with Gasteiger partial charge in [0, 0.05) is 22.7 Å². The maximum absolute atomic E-state index is 15.5. The van der Waals surface area contributed by atoms with Gasteiger partial charge in [0.1, 0.15) is 0 Å². The Hall–Kier alpha value is -5.93. The second kappa shape index (κ2) is 14.4. The number of alkyl halides is 3. The molecule has 0 spiro atoms. The Bertz CT molecular complexity index is 2470. The highest BCUT2D eigenvalue weighted by Crippen LogP contribution is 2.65. The quantitative estimate of drug-likeness (QED) is 0.103. The van der Waals surface area contributed by atoms with Crippen LogP contribution in [0.25, 0.3) is 0 Å². The van der Waals surface area contributed by atoms with E-state index in [1.165, 1.54) is 57.5 Å². The van der Waals surface area contributed by atoms with E-state index in [2.05, 4.69) is 10.4 Å². The second-order valence-corrected chi connectivity index (χ2v) is 15.7. The van der Waals surface area contributed by atoms with Gasteiger partial charge in [-0.1, -0.05) is 47.0 Å². The van der Waals surface area contributed by atoms with E-state index < -0.39 is 81.2 Å². The van der Waals surface area contributed by atoms with Gasteiger partial charge >= 0.3 is 6.18 Å². The zero-order chi connectivity index (χ0) is 42.3. The number of methoxy groups -OCH3 is 2. The standard InChI is InChI=1S/C42H33Cl2F3N4O8/c1-19(52)20-4-10-25(11-5-20)50-37(54)27-13-12-26-28(33(27)39(50)56)17-29-38(55)51(49-36-30(44)16-23(18-48-36)42(45,46)47)40(57)41(29,22-6-8-24(43)9-7-22)34(26)21-14-31(58-2)35(53)32(15-21)59-3/h4-12,14-16,18,27-29,33-34,53H,13,17H2,1-3H3,(H,48,49). The maximum atomic E-state index is 15.5. The SMILES string of the molecule is COc1cc(C2C3=CCC4C(=O)N(c5ccc(C(C)=O)cc5)C(=O)C4C3CC3C(=O)N(Nc4ncc(C(F)(F)F)cc4Cl)C(=O)C32c2ccc(Cl)cc2)cc(OC)c1O. The molecule has 3 fully saturated rings. The molecule has 8 rings (SSSR count). The van der Waals surface area contributed by atoms with Crippen LogP contribution in [-0.4, -0.2) is 58.7 Å². The Morgan fingerprint density at radius 2 is 1.56 bits per heavy atom. The molecule has 3 aromatic carbocycles. The number of pyridine rings is 1. The average molecular weight is 850 g/mol. The van der Waals surface area contributed by atoms with E-state index >= 15 is 4.79 Å². The van der Waals surface area contributed by atoms with Crippen molar-refractivity contribution in [1.82, 2.24) is 9.99 Å². The first kappa shape index (κ1) is 39.9. The number of ketones is 1. The van der Waals surface area contributed by atoms with E-state index in [0.29, 0.717) is 44.6 Å². The minimum absolute atomic E-state index is 0.0293. The number of allylic oxidation sites excluding steroid dienone is 2. The molecule has 17 heteroatoms. The molecule has 1 aromatic heterocycles. The van der Waals surface area contributed by atoms with Crippen molar-refractivity contribution in [3.05, 3.63) is 117 Å². The molecule has 3 heterocycles. The van der Waals surface area contributed by atoms with Gasteiger partial charge < -0.3 is 14.6 Å². The summed E-state index contributed by atoms with van der Waals surface area (Å²) in [4.78, 5) is 76.1. The van der Waals surface area contributed by atoms with E-state index in [1.807, 2.05) is 6.08 Å². The molecular formula is C42H33Cl2F3N4O8. The number of hydrogen-bond acceptors (Lipinski definition) is 10. The minimum atomic E-state index is -4.78. The van der Waals surface area contributed by atoms with Crippen LogP contribution in [0.3, 0.4) is 0 Å². The summed E-state index contributed by atoms with van der Waals surface area (Å²) in [6.45, 7) is 1.39. The number of phenolic OH excluding ortho intramolecular Hbond substituents is 1. The van der Waals surface area contributed by atoms with Gasteiger partial charge in [-0.05, 0) is 91.4 Å². The van der Waals surface area contributed by atoms with Crippen molar-refractivity contribution in [3.63, 3.8) is 0 Å². The van der Waals surface area contributed by atoms with Crippen LogP contribution in [0.5, 0.6) is 17.2 Å². The molecule has 2 aliphatic heterocycles. The predicted molar refractivity (Wildman–Crippen MR) is 207 cm³/mol. The van der Waals surface area contributed by atoms with Gasteiger partial charge in [-0.25, -0.2) is 4.98 Å². The van der Waals surface area contributed by atoms with Gasteiger partial charge in [0.05, 0.1) is 53.7 Å². The lowest BCUT2D eigenvalue weighted by molar-refractivity contribution is -0.139. The van der Waals surface area contributed by atoms with Crippen molar-refractivity contribution in [2.24, 2.45) is 23.7 Å². The molecule has 4 amide bonds. The number of carbonyl (C=O) groups is 5. The highest BCUT2D eigenvalue weighted by Gasteiger charge is 2.70. The summed E-state index contributed by atoms with van der Waals surface area (Å²) in [7, 11) is 2.64. The summed E-state index contributed by atoms with van der Waals surface area (Å²) in [6.07, 6.45) is -2.49. The third-order valence-electron chi connectivity index (χ3n) is 11.9. The van der Waals surface area contributed by atoms with Gasteiger partial charge in [-0.2, -0.15) is 18.2 Å². The number of aromatic hydroxyl groups is 1. The van der Waals surface area contributed by atoms with Gasteiger partial charge in [0.15, 0.2) is 23.1 Å². The number of ether oxygens (including phenoxy) is 2. The number of hydrogen-bond donors (Lipinski definition) is 2. The largest absolute Gasteiger partial charge is 0.502 e. The number of rotatable bonds is 8. The first-order valence-corrected chi connectivity index (χ1v) is 19.1. The number of nitrogens with zero attached hydrogens (tertiary/aromatic N) is 3. The Morgan fingerprint density at radius 1 is 0.915 bits per heavy atom. The molecule has 2 aliphatic carbocycles. The van der Waals surface area contributed by atoms with Crippen LogP contribution < -0.4 is 19.8 Å². The lowest BCUT2D eigenvalue weighted by atomic mass is 9.49. The first-order chi connectivity index (χ1) is 28.0. The zero-order valence-electron chi connectivity index (χ0n) is 31.3. The number of hydrazine groups is 1. The third kappa shape index (κ3) is 6.12. The second-order valence-electron chi connectivity index (χ2n) is 14.8. The predicted octanol–water partition coefficient (Wildman–Crippen LogP) is 7.52. The highest BCUT2D eigenvalue weighted by atomic mass is 35.5. The van der Waals surface area contributed by atoms with Crippen molar-refractivity contribution in [2.45, 2.75) is 37.3 Å². The molecule has 59 heavy (non-hydrogen) atoms. The summed E-state index contributed by atoms with van der Waals surface area (Å²) < 4.78 is 51.7. The molecule has 2 saturated heterocycles. The Morgan fingerprint density at radius 3 is 2.14 bits per heavy atom. The highest BCUT2D eigenvalue weighted by molar-refractivity contribution is 6.33. The van der Waals surface area contributed by atoms with Crippen LogP contribution in [0.1, 0.15) is 52.7 Å². The zero-order valence-corrected chi connectivity index (χ0v) is 32.9. The molecule has 304 valence electrons. The summed E-state index contributed by atoms with van der Waals surface area (Å²) >= 11 is 12.6. The van der Waals surface area contributed by atoms with Gasteiger partial charge in [-0.15, -0.1) is 0 Å². The van der Waals surface area contributed by atoms with Gasteiger partial charge in [0.2, 0.25) is 17.6 Å². The monoisotopic (exact) mass is 848 g/mol. The van der Waals surface area contributed by atoms with Gasteiger partial charge in [-0.3, -0.25) is 34.3 Å². The van der Waals surface area contributed by atoms with Crippen LogP contribution >= 0.6 is 23.2 Å². The fraction of sp³-hybridized carbons (Fsp3) is 0.286. The molecule has 12 nitrogen and oxygen atoms in total. The lowest BCUT2D eigenvalue weighted by Crippen LogP contribution is -2.53. The van der Waals surface area contributed by atoms with E-state index in [0.717, 1.165) is 4.90 Å². The van der Waals surface area contributed by atoms with Crippen LogP contribution in [0.4, 0.5) is 24.7 Å². The Balaban J connectivity index is 1.33. The maximum Gasteiger partial charge on any atom is 0.417 e. The number of halogens is 5. The topological polar surface area (TPSA) is 155 Å². The van der Waals surface area contributed by atoms with Crippen LogP contribution in [0, 0.1) is 23.7 Å². The molecule has 4 aliphatic rings. The number of fused-ring (bicyclic) bond motifs is 4. The normalized spacial score (nSPS) is 25.0. The van der Waals surface area contributed by atoms with E-state index in [4.69, 9.17) is 32.7 Å². The molecule has 6 unspecified atom stereocenters. The van der Waals surface area contributed by atoms with Gasteiger partial charge in [0.25, 0.3) is 11.8 Å². The molecule has 4 aromatic rings. The molecule has 2 N–H and O–H groups in total. The number of amides is 4. The molecule has 6 atom stereocenters. The number of carbonyl (C=O) groups excluding carboxylic acids is 5. The molecular weight excluding hydrogens is 816 g/mol. The molecule has 1 saturated carbocycles. The average Bonchev–Trinajstić information content (AvgIpc) is 3.59. The van der Waals surface area contributed by atoms with Crippen molar-refractivity contribution in [2.75, 3.05) is 24.5 Å². The fourth-order valence-corrected chi connectivity index (χ4v) is 9.67. The van der Waals surface area contributed by atoms with Crippen LogP contribution in [-0.2, 0) is 30.8 Å². The Kier molecular flexibility index (Phi) is 9.74. The van der Waals surface area contributed by atoms with Crippen molar-refractivity contribution in [3.8, 4) is 17.2 Å². The fourth-order valence-electron chi connectivity index (χ4n) is 9.34. The Labute approximate surface area is 344 Å². The summed E-state index contributed by atoms with van der Waals surface area (Å²) in [5.74, 6) is -8.66. The van der Waals surface area contributed by atoms with Crippen LogP contribution in [0.2, 0.25) is 10.0 Å². The van der Waals surface area contributed by atoms with Crippen molar-refractivity contribution >= 4 is 64.1 Å². The number of imide groups is 2. The smallest absolute Gasteiger partial charge is 0.417 e. The van der Waals surface area contributed by atoms with E-state index in [-0.39, 0.29) is 41.6 Å². The number of phenols is 1. The first-order valence-electron chi connectivity index (χ1n) is 18.3. The third-order valence-corrected chi connectivity index (χ3v) is 12.5. The number of aromatic nitrogens is 1. The van der Waals surface area contributed by atoms with Crippen molar-refractivity contribution in [1.29, 1.82) is 0 Å². The summed E-state index contributed by atoms with van der Waals surface area (Å²) in [5, 5.41) is 11.5. The number of Topliss-reactive ketones (excluding diaryl/α,β-unsaturated/α-hetero) is 1. The van der Waals surface area contributed by atoms with Crippen LogP contribution in [0.15, 0.2) is 84.6 Å². The van der Waals surface area contributed by atoms with E-state index in [1.54, 1.807) is 24.3 Å². The van der Waals surface area contributed by atoms with E-state index in [9.17, 15) is 37.5 Å². The summed E-state index contributed by atoms with van der Waals surface area (Å²) in [6, 6.07) is 16.0. The molecule has 0 radical (unpaired) electrons. The number of anilines is 2. The van der Waals surface area contributed by atoms with Crippen molar-refractivity contribution < 1.29 is 51.7 Å².